The summed E-state index contributed by atoms with van der Waals surface area (Å²) in [6, 6.07) is 28.1. The Balaban J connectivity index is 1.45. The van der Waals surface area contributed by atoms with Gasteiger partial charge in [-0.05, 0) is 81.5 Å². The van der Waals surface area contributed by atoms with E-state index in [9.17, 15) is 0 Å². The number of anilines is 3. The lowest BCUT2D eigenvalue weighted by molar-refractivity contribution is 0.329. The van der Waals surface area contributed by atoms with Crippen molar-refractivity contribution in [3.8, 4) is 0 Å². The average molecular weight is 512 g/mol. The molecule has 37 heavy (non-hydrogen) atoms. The first-order chi connectivity index (χ1) is 18.2. The zero-order chi connectivity index (χ0) is 25.6. The fraction of sp³-hybridized carbons (Fsp3) is 0.323. The summed E-state index contributed by atoms with van der Waals surface area (Å²) in [7, 11) is 4.37. The van der Waals surface area contributed by atoms with E-state index in [0.29, 0.717) is 0 Å². The second kappa shape index (κ2) is 12.0. The topological polar surface area (TPSA) is 48.1 Å². The molecule has 0 saturated heterocycles. The Morgan fingerprint density at radius 2 is 1.65 bits per heavy atom. The number of likely N-dealkylation sites (N-methyl/N-ethyl adjacent to an activating group) is 1. The van der Waals surface area contributed by atoms with E-state index >= 15 is 0 Å². The Bertz CT molecular complexity index is 1260. The van der Waals surface area contributed by atoms with Crippen LogP contribution in [0.2, 0.25) is 0 Å². The molecular formula is C31H37N5S. The molecule has 0 amide bonds. The summed E-state index contributed by atoms with van der Waals surface area (Å²) >= 11 is 1.92. The van der Waals surface area contributed by atoms with Gasteiger partial charge < -0.3 is 15.5 Å². The van der Waals surface area contributed by atoms with E-state index in [1.807, 2.05) is 11.8 Å². The van der Waals surface area contributed by atoms with Gasteiger partial charge in [-0.25, -0.2) is 0 Å². The van der Waals surface area contributed by atoms with Gasteiger partial charge in [0.05, 0.1) is 16.7 Å². The van der Waals surface area contributed by atoms with Crippen LogP contribution >= 0.6 is 11.8 Å². The summed E-state index contributed by atoms with van der Waals surface area (Å²) < 4.78 is 0. The van der Waals surface area contributed by atoms with Crippen molar-refractivity contribution in [2.45, 2.75) is 29.5 Å². The van der Waals surface area contributed by atoms with Gasteiger partial charge in [0.15, 0.2) is 0 Å². The van der Waals surface area contributed by atoms with E-state index in [2.05, 4.69) is 114 Å². The van der Waals surface area contributed by atoms with Gasteiger partial charge in [-0.2, -0.15) is 0 Å². The van der Waals surface area contributed by atoms with Gasteiger partial charge in [0.25, 0.3) is 0 Å². The SMILES string of the molecule is CN(CCCN)CCCN=C1CC(=CC2Sc3ccccc3N2C)c2ccccc2N1c1ccccc1. The number of nitrogens with two attached hydrogens (primary N) is 1. The Hall–Kier alpha value is -3.06. The first kappa shape index (κ1) is 25.6. The van der Waals surface area contributed by atoms with E-state index in [1.54, 1.807) is 0 Å². The third kappa shape index (κ3) is 5.77. The largest absolute Gasteiger partial charge is 0.358 e. The minimum Gasteiger partial charge on any atom is -0.358 e. The van der Waals surface area contributed by atoms with Gasteiger partial charge >= 0.3 is 0 Å². The number of para-hydroxylation sites is 3. The van der Waals surface area contributed by atoms with Crippen molar-refractivity contribution in [2.75, 3.05) is 50.1 Å². The van der Waals surface area contributed by atoms with Crippen molar-refractivity contribution in [2.24, 2.45) is 10.7 Å². The number of aliphatic imine (C=N–C) groups is 1. The van der Waals surface area contributed by atoms with E-state index in [4.69, 9.17) is 10.7 Å². The quantitative estimate of drug-likeness (QED) is 0.344. The molecule has 0 saturated carbocycles. The van der Waals surface area contributed by atoms with Gasteiger partial charge in [0.2, 0.25) is 0 Å². The highest BCUT2D eigenvalue weighted by atomic mass is 32.2. The second-order valence-electron chi connectivity index (χ2n) is 9.74. The summed E-state index contributed by atoms with van der Waals surface area (Å²) in [5.74, 6) is 1.11. The first-order valence-corrected chi connectivity index (χ1v) is 14.1. The third-order valence-electron chi connectivity index (χ3n) is 7.07. The van der Waals surface area contributed by atoms with Gasteiger partial charge in [-0.3, -0.25) is 9.89 Å². The number of rotatable bonds is 9. The number of hydrogen-bond acceptors (Lipinski definition) is 5. The van der Waals surface area contributed by atoms with Crippen LogP contribution < -0.4 is 15.5 Å². The maximum atomic E-state index is 5.68. The molecule has 0 bridgehead atoms. The number of amidine groups is 1. The number of fused-ring (bicyclic) bond motifs is 2. The Morgan fingerprint density at radius 3 is 2.43 bits per heavy atom. The van der Waals surface area contributed by atoms with Crippen molar-refractivity contribution in [1.82, 2.24) is 4.90 Å². The second-order valence-corrected chi connectivity index (χ2v) is 10.9. The molecule has 192 valence electrons. The molecule has 2 heterocycles. The van der Waals surface area contributed by atoms with Crippen LogP contribution in [0.15, 0.2) is 94.8 Å². The van der Waals surface area contributed by atoms with E-state index in [1.165, 1.54) is 27.4 Å². The summed E-state index contributed by atoms with van der Waals surface area (Å²) in [5, 5.41) is 0.265. The van der Waals surface area contributed by atoms with Crippen molar-refractivity contribution >= 4 is 40.2 Å². The van der Waals surface area contributed by atoms with Crippen LogP contribution in [0.1, 0.15) is 24.8 Å². The Kier molecular flexibility index (Phi) is 8.29. The molecule has 0 spiro atoms. The van der Waals surface area contributed by atoms with E-state index < -0.39 is 0 Å². The molecule has 2 aliphatic rings. The van der Waals surface area contributed by atoms with Gasteiger partial charge in [0.1, 0.15) is 5.84 Å². The molecule has 2 N–H and O–H groups in total. The van der Waals surface area contributed by atoms with Crippen molar-refractivity contribution < 1.29 is 0 Å². The summed E-state index contributed by atoms with van der Waals surface area (Å²) in [4.78, 5) is 13.6. The summed E-state index contributed by atoms with van der Waals surface area (Å²) in [6.07, 6.45) is 5.33. The predicted octanol–water partition coefficient (Wildman–Crippen LogP) is 6.25. The van der Waals surface area contributed by atoms with Gasteiger partial charge in [-0.1, -0.05) is 60.3 Å². The van der Waals surface area contributed by atoms with Crippen molar-refractivity contribution in [3.63, 3.8) is 0 Å². The molecule has 0 radical (unpaired) electrons. The molecule has 1 unspecified atom stereocenters. The zero-order valence-electron chi connectivity index (χ0n) is 21.9. The van der Waals surface area contributed by atoms with Gasteiger partial charge in [0, 0.05) is 36.2 Å². The highest BCUT2D eigenvalue weighted by molar-refractivity contribution is 8.00. The Morgan fingerprint density at radius 1 is 0.946 bits per heavy atom. The van der Waals surface area contributed by atoms with Crippen LogP contribution in [0.5, 0.6) is 0 Å². The predicted molar refractivity (Wildman–Crippen MR) is 160 cm³/mol. The molecule has 0 aliphatic carbocycles. The lowest BCUT2D eigenvalue weighted by Crippen LogP contribution is -2.32. The molecule has 1 atom stereocenters. The van der Waals surface area contributed by atoms with Crippen molar-refractivity contribution in [3.05, 3.63) is 90.5 Å². The monoisotopic (exact) mass is 511 g/mol. The van der Waals surface area contributed by atoms with Crippen LogP contribution in [-0.2, 0) is 0 Å². The molecule has 2 aliphatic heterocycles. The number of nitrogens with zero attached hydrogens (tertiary/aromatic N) is 4. The maximum Gasteiger partial charge on any atom is 0.112 e. The fourth-order valence-electron chi connectivity index (χ4n) is 5.10. The van der Waals surface area contributed by atoms with E-state index in [-0.39, 0.29) is 5.37 Å². The first-order valence-electron chi connectivity index (χ1n) is 13.2. The highest BCUT2D eigenvalue weighted by Crippen LogP contribution is 2.46. The maximum absolute atomic E-state index is 5.68. The smallest absolute Gasteiger partial charge is 0.112 e. The normalized spacial score (nSPS) is 19.1. The number of hydrogen-bond donors (Lipinski definition) is 1. The minimum absolute atomic E-state index is 0.265. The zero-order valence-corrected chi connectivity index (χ0v) is 22.7. The van der Waals surface area contributed by atoms with Crippen LogP contribution in [0, 0.1) is 0 Å². The summed E-state index contributed by atoms with van der Waals surface area (Å²) in [5.41, 5.74) is 12.0. The lowest BCUT2D eigenvalue weighted by atomic mass is 9.93. The molecule has 0 fully saturated rings. The average Bonchev–Trinajstić information content (AvgIpc) is 3.25. The molecule has 5 rings (SSSR count). The van der Waals surface area contributed by atoms with E-state index in [0.717, 1.165) is 57.0 Å². The van der Waals surface area contributed by atoms with Crippen molar-refractivity contribution in [1.29, 1.82) is 0 Å². The van der Waals surface area contributed by atoms with Crippen LogP contribution in [0.4, 0.5) is 17.1 Å². The molecule has 3 aromatic carbocycles. The van der Waals surface area contributed by atoms with Crippen LogP contribution in [0.3, 0.4) is 0 Å². The fourth-order valence-corrected chi connectivity index (χ4v) is 6.35. The van der Waals surface area contributed by atoms with Gasteiger partial charge in [-0.15, -0.1) is 0 Å². The third-order valence-corrected chi connectivity index (χ3v) is 8.36. The van der Waals surface area contributed by atoms with Crippen LogP contribution in [0.25, 0.3) is 5.57 Å². The number of thioether (sulfide) groups is 1. The summed E-state index contributed by atoms with van der Waals surface area (Å²) in [6.45, 7) is 3.62. The standard InChI is InChI=1S/C31H37N5S/c1-34(20-10-18-32)21-11-19-33-30-22-24(23-31-35(2)28-16-8-9-17-29(28)37-31)26-14-6-7-15-27(26)36(30)25-12-4-3-5-13-25/h3-9,12-17,23,31H,10-11,18-22,32H2,1-2H3. The molecule has 3 aromatic rings. The lowest BCUT2D eigenvalue weighted by Gasteiger charge is -2.35. The molecule has 0 aromatic heterocycles. The molecule has 6 heteroatoms. The minimum atomic E-state index is 0.265. The molecular weight excluding hydrogens is 474 g/mol. The molecule has 5 nitrogen and oxygen atoms in total. The number of benzene rings is 3. The van der Waals surface area contributed by atoms with Crippen LogP contribution in [-0.4, -0.2) is 56.4 Å². The highest BCUT2D eigenvalue weighted by Gasteiger charge is 2.30. The Labute approximate surface area is 225 Å².